The van der Waals surface area contributed by atoms with E-state index in [-0.39, 0.29) is 12.5 Å². The van der Waals surface area contributed by atoms with E-state index in [4.69, 9.17) is 16.2 Å². The summed E-state index contributed by atoms with van der Waals surface area (Å²) in [6.45, 7) is 0. The molecule has 0 fully saturated rings. The number of unbranched alkanes of at least 4 members (excludes halogenated alkanes) is 2. The molecule has 0 amide bonds. The van der Waals surface area contributed by atoms with Gasteiger partial charge < -0.3 is 16.2 Å². The van der Waals surface area contributed by atoms with E-state index in [1.54, 1.807) is 0 Å². The highest BCUT2D eigenvalue weighted by atomic mass is 28.4. The Hall–Kier alpha value is -0.813. The smallest absolute Gasteiger partial charge is 0.327 e. The molecule has 28 heavy (non-hydrogen) atoms. The molecule has 0 aliphatic carbocycles. The zero-order valence-electron chi connectivity index (χ0n) is 13.7. The van der Waals surface area contributed by atoms with E-state index >= 15 is 0 Å². The summed E-state index contributed by atoms with van der Waals surface area (Å²) in [5.41, 5.74) is 0. The third-order valence-corrected chi connectivity index (χ3v) is 4.82. The number of hydrogen-bond acceptors (Lipinski definition) is 3. The average molecular weight is 465 g/mol. The van der Waals surface area contributed by atoms with E-state index in [2.05, 4.69) is 0 Å². The molecule has 0 aromatic heterocycles. The topological polar surface area (TPSA) is 78.1 Å². The summed E-state index contributed by atoms with van der Waals surface area (Å²) in [6, 6.07) is -0.110. The van der Waals surface area contributed by atoms with Gasteiger partial charge in [-0.2, -0.15) is 57.1 Å². The molecule has 0 aliphatic heterocycles. The van der Waals surface area contributed by atoms with Crippen LogP contribution in [-0.4, -0.2) is 44.3 Å². The van der Waals surface area contributed by atoms with E-state index in [1.807, 2.05) is 0 Å². The van der Waals surface area contributed by atoms with E-state index in [0.29, 0.717) is 0 Å². The molecule has 6 N–H and O–H groups in total. The fraction of sp³-hybridized carbons (Fsp3) is 1.00. The molecule has 17 heteroatoms. The molecule has 0 saturated heterocycles. The molecule has 0 radical (unpaired) electrons. The quantitative estimate of drug-likeness (QED) is 0.258. The standard InChI is InChI=1S/C11H16F13N3Si/c12-6(13,4-2-1-3-5-28(25,26)27)7(14,15)8(16,17)9(18,19)10(20,21)11(22,23)24/h1-5,25-27H2. The maximum Gasteiger partial charge on any atom is 0.460 e. The molecule has 0 atom stereocenters. The van der Waals surface area contributed by atoms with Crippen LogP contribution in [0, 0.1) is 0 Å². The Morgan fingerprint density at radius 3 is 1.25 bits per heavy atom. The molecule has 0 saturated carbocycles. The zero-order valence-corrected chi connectivity index (χ0v) is 14.7. The summed E-state index contributed by atoms with van der Waals surface area (Å²) < 4.78 is 167. The average Bonchev–Trinajstić information content (AvgIpc) is 2.43. The van der Waals surface area contributed by atoms with Crippen LogP contribution >= 0.6 is 0 Å². The molecule has 0 aromatic carbocycles. The van der Waals surface area contributed by atoms with Crippen LogP contribution in [0.15, 0.2) is 0 Å². The summed E-state index contributed by atoms with van der Waals surface area (Å²) >= 11 is 0. The van der Waals surface area contributed by atoms with Gasteiger partial charge in [0.25, 0.3) is 8.56 Å². The lowest BCUT2D eigenvalue weighted by Crippen LogP contribution is -2.70. The second-order valence-corrected chi connectivity index (χ2v) is 8.90. The Balaban J connectivity index is 5.51. The monoisotopic (exact) mass is 465 g/mol. The predicted octanol–water partition coefficient (Wildman–Crippen LogP) is 4.10. The van der Waals surface area contributed by atoms with Crippen LogP contribution in [0.25, 0.3) is 0 Å². The molecule has 0 unspecified atom stereocenters. The highest BCUT2D eigenvalue weighted by Gasteiger charge is 2.90. The fourth-order valence-corrected chi connectivity index (χ4v) is 2.78. The second-order valence-electron chi connectivity index (χ2n) is 6.17. The second kappa shape index (κ2) is 7.79. The molecule has 0 spiro atoms. The Morgan fingerprint density at radius 2 is 0.893 bits per heavy atom. The van der Waals surface area contributed by atoms with Gasteiger partial charge in [-0.15, -0.1) is 0 Å². The minimum Gasteiger partial charge on any atom is -0.327 e. The molecule has 3 nitrogen and oxygen atoms in total. The predicted molar refractivity (Wildman–Crippen MR) is 72.4 cm³/mol. The van der Waals surface area contributed by atoms with Crippen LogP contribution in [0.2, 0.25) is 6.04 Å². The lowest BCUT2D eigenvalue weighted by molar-refractivity contribution is -0.440. The van der Waals surface area contributed by atoms with E-state index in [0.717, 1.165) is 0 Å². The molecular formula is C11H16F13N3Si. The largest absolute Gasteiger partial charge is 0.460 e. The van der Waals surface area contributed by atoms with Gasteiger partial charge in [-0.25, -0.2) is 0 Å². The third-order valence-electron chi connectivity index (χ3n) is 3.60. The van der Waals surface area contributed by atoms with Crippen molar-refractivity contribution in [3.63, 3.8) is 0 Å². The molecule has 0 aliphatic rings. The van der Waals surface area contributed by atoms with Crippen molar-refractivity contribution in [1.29, 1.82) is 0 Å². The highest BCUT2D eigenvalue weighted by Crippen LogP contribution is 2.60. The first-order valence-corrected chi connectivity index (χ1v) is 9.72. The maximum atomic E-state index is 13.4. The van der Waals surface area contributed by atoms with E-state index in [9.17, 15) is 57.1 Å². The Morgan fingerprint density at radius 1 is 0.500 bits per heavy atom. The summed E-state index contributed by atoms with van der Waals surface area (Å²) in [4.78, 5) is 0. The first-order valence-electron chi connectivity index (χ1n) is 7.28. The SMILES string of the molecule is N[Si](N)(N)CCCCCC(F)(F)C(F)(F)C(F)(F)C(F)(F)C(F)(F)C(F)(F)F. The van der Waals surface area contributed by atoms with Crippen LogP contribution in [0.3, 0.4) is 0 Å². The molecule has 0 heterocycles. The minimum atomic E-state index is -7.87. The summed E-state index contributed by atoms with van der Waals surface area (Å²) in [7, 11) is -3.13. The van der Waals surface area contributed by atoms with E-state index < -0.39 is 63.6 Å². The van der Waals surface area contributed by atoms with Crippen molar-refractivity contribution in [2.24, 2.45) is 16.2 Å². The number of rotatable bonds is 10. The Labute approximate surface area is 150 Å². The molecule has 0 bridgehead atoms. The van der Waals surface area contributed by atoms with Crippen molar-refractivity contribution in [2.45, 2.75) is 67.5 Å². The Bertz CT molecular complexity index is 527. The van der Waals surface area contributed by atoms with Crippen molar-refractivity contribution < 1.29 is 57.1 Å². The van der Waals surface area contributed by atoms with Crippen molar-refractivity contribution >= 4 is 8.56 Å². The number of halogens is 13. The lowest BCUT2D eigenvalue weighted by Gasteiger charge is -2.39. The first kappa shape index (κ1) is 27.2. The van der Waals surface area contributed by atoms with Crippen LogP contribution in [0.5, 0.6) is 0 Å². The van der Waals surface area contributed by atoms with Gasteiger partial charge in [0, 0.05) is 6.42 Å². The van der Waals surface area contributed by atoms with Crippen LogP contribution in [-0.2, 0) is 0 Å². The fourth-order valence-electron chi connectivity index (χ4n) is 1.91. The molecule has 0 rings (SSSR count). The van der Waals surface area contributed by atoms with Gasteiger partial charge in [-0.05, 0) is 12.5 Å². The van der Waals surface area contributed by atoms with Crippen molar-refractivity contribution in [3.05, 3.63) is 0 Å². The van der Waals surface area contributed by atoms with Crippen LogP contribution in [0.1, 0.15) is 25.7 Å². The summed E-state index contributed by atoms with van der Waals surface area (Å²) in [5, 5.41) is 15.7. The highest BCUT2D eigenvalue weighted by molar-refractivity contribution is 6.70. The normalized spacial score (nSPS) is 15.9. The van der Waals surface area contributed by atoms with Crippen LogP contribution < -0.4 is 16.2 Å². The first-order chi connectivity index (χ1) is 12.0. The van der Waals surface area contributed by atoms with Crippen LogP contribution in [0.4, 0.5) is 57.1 Å². The number of hydrogen-bond donors (Lipinski definition) is 3. The molecule has 170 valence electrons. The summed E-state index contributed by atoms with van der Waals surface area (Å²) in [6.07, 6.45) is -11.2. The van der Waals surface area contributed by atoms with Gasteiger partial charge in [-0.3, -0.25) is 0 Å². The van der Waals surface area contributed by atoms with Gasteiger partial charge in [0.2, 0.25) is 0 Å². The third kappa shape index (κ3) is 5.02. The number of nitrogens with two attached hydrogens (primary N) is 3. The van der Waals surface area contributed by atoms with Gasteiger partial charge in [-0.1, -0.05) is 12.8 Å². The zero-order chi connectivity index (χ0) is 23.0. The minimum absolute atomic E-state index is 0.110. The summed E-state index contributed by atoms with van der Waals surface area (Å²) in [5.74, 6) is -36.6. The lowest BCUT2D eigenvalue weighted by atomic mass is 9.91. The van der Waals surface area contributed by atoms with Gasteiger partial charge in [0.15, 0.2) is 0 Å². The van der Waals surface area contributed by atoms with Crippen molar-refractivity contribution in [3.8, 4) is 0 Å². The maximum absolute atomic E-state index is 13.4. The molecular weight excluding hydrogens is 449 g/mol. The van der Waals surface area contributed by atoms with Gasteiger partial charge >= 0.3 is 35.8 Å². The Kier molecular flexibility index (Phi) is 7.56. The molecule has 0 aromatic rings. The van der Waals surface area contributed by atoms with Gasteiger partial charge in [0.05, 0.1) is 0 Å². The van der Waals surface area contributed by atoms with Gasteiger partial charge in [0.1, 0.15) is 0 Å². The van der Waals surface area contributed by atoms with Crippen molar-refractivity contribution in [2.75, 3.05) is 0 Å². The van der Waals surface area contributed by atoms with Crippen molar-refractivity contribution in [1.82, 2.24) is 0 Å². The van der Waals surface area contributed by atoms with E-state index in [1.165, 1.54) is 0 Å². The number of alkyl halides is 13.